The van der Waals surface area contributed by atoms with E-state index in [1.165, 1.54) is 12.1 Å². The van der Waals surface area contributed by atoms with Crippen molar-refractivity contribution in [3.63, 3.8) is 0 Å². The minimum Gasteiger partial charge on any atom is -0.448 e. The number of aromatic nitrogens is 3. The number of nitrogens with one attached hydrogen (secondary N) is 1. The first-order chi connectivity index (χ1) is 18.0. The summed E-state index contributed by atoms with van der Waals surface area (Å²) in [5, 5.41) is 4.74. The van der Waals surface area contributed by atoms with Crippen LogP contribution in [0, 0.1) is 20.8 Å². The highest BCUT2D eigenvalue weighted by atomic mass is 32.2. The van der Waals surface area contributed by atoms with Gasteiger partial charge in [0.25, 0.3) is 10.0 Å². The second-order valence-corrected chi connectivity index (χ2v) is 10.9. The Kier molecular flexibility index (Phi) is 7.82. The number of sulfonamides is 1. The second kappa shape index (κ2) is 11.1. The van der Waals surface area contributed by atoms with Gasteiger partial charge in [0, 0.05) is 43.5 Å². The Balaban J connectivity index is 1.37. The number of hydrogen-bond acceptors (Lipinski definition) is 7. The van der Waals surface area contributed by atoms with Gasteiger partial charge in [0.15, 0.2) is 0 Å². The van der Waals surface area contributed by atoms with Crippen molar-refractivity contribution in [2.24, 2.45) is 0 Å². The Morgan fingerprint density at radius 2 is 1.66 bits per heavy atom. The number of benzene rings is 2. The fourth-order valence-electron chi connectivity index (χ4n) is 4.09. The third-order valence-electron chi connectivity index (χ3n) is 6.14. The van der Waals surface area contributed by atoms with E-state index in [0.717, 1.165) is 45.1 Å². The molecule has 0 aliphatic rings. The number of anilines is 1. The minimum absolute atomic E-state index is 0.00443. The summed E-state index contributed by atoms with van der Waals surface area (Å²) in [5.41, 5.74) is 6.73. The highest BCUT2D eigenvalue weighted by Gasteiger charge is 2.18. The smallest absolute Gasteiger partial charge is 0.421 e. The summed E-state index contributed by atoms with van der Waals surface area (Å²) in [6.07, 6.45) is 1.29. The first-order valence-corrected chi connectivity index (χ1v) is 13.6. The zero-order valence-electron chi connectivity index (χ0n) is 22.1. The lowest BCUT2D eigenvalue weighted by Gasteiger charge is -2.11. The predicted octanol–water partition coefficient (Wildman–Crippen LogP) is 4.58. The number of rotatable bonds is 8. The van der Waals surface area contributed by atoms with Gasteiger partial charge in [-0.15, -0.1) is 0 Å². The monoisotopic (exact) mass is 533 g/mol. The highest BCUT2D eigenvalue weighted by molar-refractivity contribution is 7.90. The summed E-state index contributed by atoms with van der Waals surface area (Å²) in [6.45, 7) is 5.89. The Labute approximate surface area is 223 Å². The molecule has 0 atom stereocenters. The topological polar surface area (TPSA) is 106 Å². The molecule has 38 heavy (non-hydrogen) atoms. The van der Waals surface area contributed by atoms with E-state index < -0.39 is 16.1 Å². The number of nitrogens with zero attached hydrogens (tertiary/aromatic N) is 4. The molecule has 1 N–H and O–H groups in total. The van der Waals surface area contributed by atoms with E-state index in [1.54, 1.807) is 12.1 Å². The van der Waals surface area contributed by atoms with Gasteiger partial charge in [-0.2, -0.15) is 5.10 Å². The minimum atomic E-state index is -3.98. The molecular weight excluding hydrogens is 502 g/mol. The fourth-order valence-corrected chi connectivity index (χ4v) is 4.98. The SMILES string of the molecule is Cc1ccc(S(=O)(=O)NC(=O)OCCc2ccc(-n3nc(C)c(-c4ccc(N(C)C)nc4)c3C)cc2)cc1. The molecule has 9 nitrogen and oxygen atoms in total. The molecule has 0 saturated heterocycles. The number of carbonyl (C=O) groups excluding carboxylic acids is 1. The van der Waals surface area contributed by atoms with Gasteiger partial charge in [-0.05, 0) is 62.7 Å². The van der Waals surface area contributed by atoms with E-state index in [0.29, 0.717) is 6.42 Å². The lowest BCUT2D eigenvalue weighted by Crippen LogP contribution is -2.31. The Bertz CT molecular complexity index is 1530. The molecule has 2 aromatic heterocycles. The van der Waals surface area contributed by atoms with Crippen LogP contribution in [-0.2, 0) is 21.2 Å². The Hall–Kier alpha value is -4.18. The summed E-state index contributed by atoms with van der Waals surface area (Å²) in [5.74, 6) is 0.890. The summed E-state index contributed by atoms with van der Waals surface area (Å²) in [6, 6.07) is 18.0. The number of amides is 1. The molecule has 4 aromatic rings. The summed E-state index contributed by atoms with van der Waals surface area (Å²) in [4.78, 5) is 18.5. The van der Waals surface area contributed by atoms with E-state index in [2.05, 4.69) is 11.1 Å². The van der Waals surface area contributed by atoms with Gasteiger partial charge in [0.05, 0.1) is 22.9 Å². The Morgan fingerprint density at radius 1 is 0.974 bits per heavy atom. The van der Waals surface area contributed by atoms with Gasteiger partial charge >= 0.3 is 6.09 Å². The normalized spacial score (nSPS) is 11.3. The number of carbonyl (C=O) groups is 1. The quantitative estimate of drug-likeness (QED) is 0.353. The fraction of sp³-hybridized carbons (Fsp3) is 0.250. The molecule has 0 fully saturated rings. The van der Waals surface area contributed by atoms with Crippen molar-refractivity contribution in [1.29, 1.82) is 0 Å². The molecule has 198 valence electrons. The van der Waals surface area contributed by atoms with Gasteiger partial charge in [0.2, 0.25) is 0 Å². The van der Waals surface area contributed by atoms with E-state index in [1.807, 2.05) is 85.7 Å². The van der Waals surface area contributed by atoms with E-state index in [9.17, 15) is 13.2 Å². The lowest BCUT2D eigenvalue weighted by molar-refractivity contribution is 0.154. The van der Waals surface area contributed by atoms with Crippen LogP contribution in [0.3, 0.4) is 0 Å². The maximum atomic E-state index is 12.3. The molecule has 0 unspecified atom stereocenters. The number of ether oxygens (including phenoxy) is 1. The molecular formula is C28H31N5O4S. The largest absolute Gasteiger partial charge is 0.448 e. The first kappa shape index (κ1) is 26.9. The van der Waals surface area contributed by atoms with Crippen LogP contribution >= 0.6 is 0 Å². The third-order valence-corrected chi connectivity index (χ3v) is 7.47. The van der Waals surface area contributed by atoms with Crippen molar-refractivity contribution < 1.29 is 17.9 Å². The molecule has 0 saturated carbocycles. The predicted molar refractivity (Wildman–Crippen MR) is 147 cm³/mol. The van der Waals surface area contributed by atoms with E-state index in [-0.39, 0.29) is 11.5 Å². The van der Waals surface area contributed by atoms with Crippen LogP contribution in [0.15, 0.2) is 71.8 Å². The summed E-state index contributed by atoms with van der Waals surface area (Å²) >= 11 is 0. The van der Waals surface area contributed by atoms with Crippen LogP contribution in [-0.4, -0.2) is 50.0 Å². The lowest BCUT2D eigenvalue weighted by atomic mass is 10.1. The molecule has 0 bridgehead atoms. The van der Waals surface area contributed by atoms with E-state index in [4.69, 9.17) is 9.84 Å². The van der Waals surface area contributed by atoms with E-state index >= 15 is 0 Å². The van der Waals surface area contributed by atoms with Crippen LogP contribution in [0.4, 0.5) is 10.6 Å². The van der Waals surface area contributed by atoms with Gasteiger partial charge in [-0.25, -0.2) is 27.6 Å². The van der Waals surface area contributed by atoms with Gasteiger partial charge < -0.3 is 9.64 Å². The zero-order valence-corrected chi connectivity index (χ0v) is 22.9. The molecule has 0 radical (unpaired) electrons. The molecule has 0 aliphatic carbocycles. The Morgan fingerprint density at radius 3 is 2.26 bits per heavy atom. The van der Waals surface area contributed by atoms with Crippen molar-refractivity contribution in [3.8, 4) is 16.8 Å². The van der Waals surface area contributed by atoms with Crippen molar-refractivity contribution in [2.75, 3.05) is 25.6 Å². The van der Waals surface area contributed by atoms with Gasteiger partial charge in [-0.3, -0.25) is 0 Å². The van der Waals surface area contributed by atoms with Gasteiger partial charge in [0.1, 0.15) is 5.82 Å². The summed E-state index contributed by atoms with van der Waals surface area (Å²) in [7, 11) is -0.0667. The average molecular weight is 534 g/mol. The van der Waals surface area contributed by atoms with Gasteiger partial charge in [-0.1, -0.05) is 29.8 Å². The van der Waals surface area contributed by atoms with Crippen LogP contribution in [0.5, 0.6) is 0 Å². The molecule has 4 rings (SSSR count). The number of aryl methyl sites for hydroxylation is 2. The maximum Gasteiger partial charge on any atom is 0.421 e. The van der Waals surface area contributed by atoms with Crippen LogP contribution in [0.1, 0.15) is 22.5 Å². The van der Waals surface area contributed by atoms with Crippen LogP contribution < -0.4 is 9.62 Å². The molecule has 0 spiro atoms. The molecule has 2 heterocycles. The molecule has 2 aromatic carbocycles. The first-order valence-electron chi connectivity index (χ1n) is 12.1. The average Bonchev–Trinajstić information content (AvgIpc) is 3.18. The van der Waals surface area contributed by atoms with Crippen molar-refractivity contribution >= 4 is 21.9 Å². The second-order valence-electron chi connectivity index (χ2n) is 9.23. The highest BCUT2D eigenvalue weighted by Crippen LogP contribution is 2.29. The van der Waals surface area contributed by atoms with Crippen molar-refractivity contribution in [2.45, 2.75) is 32.1 Å². The summed E-state index contributed by atoms with van der Waals surface area (Å²) < 4.78 is 33.6. The van der Waals surface area contributed by atoms with Crippen molar-refractivity contribution in [1.82, 2.24) is 19.5 Å². The molecule has 0 aliphatic heterocycles. The zero-order chi connectivity index (χ0) is 27.4. The van der Waals surface area contributed by atoms with Crippen LogP contribution in [0.25, 0.3) is 16.8 Å². The van der Waals surface area contributed by atoms with Crippen molar-refractivity contribution in [3.05, 3.63) is 89.4 Å². The third kappa shape index (κ3) is 6.03. The number of pyridine rings is 1. The van der Waals surface area contributed by atoms with Crippen LogP contribution in [0.2, 0.25) is 0 Å². The maximum absolute atomic E-state index is 12.3. The molecule has 1 amide bonds. The standard InChI is InChI=1S/C28H31N5O4S/c1-19-6-13-25(14-7-19)38(35,36)31-28(34)37-17-16-22-8-11-24(12-9-22)33-21(3)27(20(2)30-33)23-10-15-26(29-18-23)32(4)5/h6-15,18H,16-17H2,1-5H3,(H,31,34). The molecule has 10 heteroatoms. The number of hydrogen-bond donors (Lipinski definition) is 1.